The van der Waals surface area contributed by atoms with Gasteiger partial charge < -0.3 is 4.98 Å². The first-order valence-corrected chi connectivity index (χ1v) is 6.22. The third-order valence-electron chi connectivity index (χ3n) is 3.95. The second-order valence-electron chi connectivity index (χ2n) is 5.00. The van der Waals surface area contributed by atoms with E-state index in [9.17, 15) is 4.79 Å². The normalized spacial score (nSPS) is 24.3. The molecule has 2 aromatic heterocycles. The van der Waals surface area contributed by atoms with Crippen LogP contribution < -0.4 is 0 Å². The number of nitrogens with one attached hydrogen (secondary N) is 1. The summed E-state index contributed by atoms with van der Waals surface area (Å²) in [5, 5.41) is 0.955. The number of Topliss-reactive ketones (excluding diaryl/α,β-unsaturated/α-hetero) is 1. The summed E-state index contributed by atoms with van der Waals surface area (Å²) in [7, 11) is 0. The van der Waals surface area contributed by atoms with Gasteiger partial charge in [0.05, 0.1) is 0 Å². The van der Waals surface area contributed by atoms with Crippen LogP contribution in [0.4, 0.5) is 0 Å². The summed E-state index contributed by atoms with van der Waals surface area (Å²) in [5.41, 5.74) is 1.81. The lowest BCUT2D eigenvalue weighted by molar-refractivity contribution is 0.0899. The van der Waals surface area contributed by atoms with Crippen molar-refractivity contribution in [2.24, 2.45) is 11.8 Å². The molecule has 3 rings (SSSR count). The average Bonchev–Trinajstić information content (AvgIpc) is 2.94. The molecule has 0 bridgehead atoms. The molecule has 2 heterocycles. The molecule has 0 aromatic carbocycles. The number of carbonyl (C=O) groups excluding carboxylic acids is 1. The van der Waals surface area contributed by atoms with Gasteiger partial charge >= 0.3 is 0 Å². The highest BCUT2D eigenvalue weighted by atomic mass is 16.1. The van der Waals surface area contributed by atoms with Crippen molar-refractivity contribution >= 4 is 16.7 Å². The Balaban J connectivity index is 2.01. The van der Waals surface area contributed by atoms with Crippen LogP contribution in [0, 0.1) is 11.8 Å². The maximum Gasteiger partial charge on any atom is 0.168 e. The van der Waals surface area contributed by atoms with Gasteiger partial charge in [0.1, 0.15) is 0 Å². The van der Waals surface area contributed by atoms with Gasteiger partial charge in [0, 0.05) is 41.0 Å². The van der Waals surface area contributed by atoms with Gasteiger partial charge in [0.15, 0.2) is 5.78 Å². The number of fused-ring (bicyclic) bond motifs is 1. The highest BCUT2D eigenvalue weighted by Crippen LogP contribution is 2.34. The van der Waals surface area contributed by atoms with Crippen LogP contribution in [0.5, 0.6) is 0 Å². The lowest BCUT2D eigenvalue weighted by Gasteiger charge is -2.12. The fourth-order valence-corrected chi connectivity index (χ4v) is 2.90. The van der Waals surface area contributed by atoms with Crippen molar-refractivity contribution in [2.75, 3.05) is 0 Å². The van der Waals surface area contributed by atoms with Crippen molar-refractivity contribution in [1.29, 1.82) is 0 Å². The Hall–Kier alpha value is -1.64. The van der Waals surface area contributed by atoms with Crippen molar-refractivity contribution in [3.05, 3.63) is 30.2 Å². The predicted octanol–water partition coefficient (Wildman–Crippen LogP) is 3.18. The first-order chi connectivity index (χ1) is 8.27. The van der Waals surface area contributed by atoms with E-state index in [0.29, 0.717) is 5.92 Å². The smallest absolute Gasteiger partial charge is 0.168 e. The Kier molecular flexibility index (Phi) is 2.46. The summed E-state index contributed by atoms with van der Waals surface area (Å²) >= 11 is 0. The fourth-order valence-electron chi connectivity index (χ4n) is 2.90. The average molecular weight is 228 g/mol. The van der Waals surface area contributed by atoms with Gasteiger partial charge in [0.2, 0.25) is 0 Å². The van der Waals surface area contributed by atoms with Crippen LogP contribution in [-0.4, -0.2) is 15.8 Å². The SMILES string of the molecule is CC1CCCC1C(=O)c1c[nH]c2ccncc12. The first-order valence-electron chi connectivity index (χ1n) is 6.22. The third-order valence-corrected chi connectivity index (χ3v) is 3.95. The molecule has 1 aliphatic carbocycles. The summed E-state index contributed by atoms with van der Waals surface area (Å²) < 4.78 is 0. The number of pyridine rings is 1. The van der Waals surface area contributed by atoms with Gasteiger partial charge in [-0.25, -0.2) is 0 Å². The Morgan fingerprint density at radius 1 is 1.47 bits per heavy atom. The minimum Gasteiger partial charge on any atom is -0.360 e. The zero-order valence-corrected chi connectivity index (χ0v) is 9.94. The molecule has 3 nitrogen and oxygen atoms in total. The monoisotopic (exact) mass is 228 g/mol. The largest absolute Gasteiger partial charge is 0.360 e. The quantitative estimate of drug-likeness (QED) is 0.802. The number of hydrogen-bond donors (Lipinski definition) is 1. The number of aromatic nitrogens is 2. The van der Waals surface area contributed by atoms with E-state index in [4.69, 9.17) is 0 Å². The van der Waals surface area contributed by atoms with Crippen molar-refractivity contribution in [1.82, 2.24) is 9.97 Å². The minimum absolute atomic E-state index is 0.203. The summed E-state index contributed by atoms with van der Waals surface area (Å²) in [4.78, 5) is 19.7. The van der Waals surface area contributed by atoms with Crippen LogP contribution in [0.2, 0.25) is 0 Å². The lowest BCUT2D eigenvalue weighted by Crippen LogP contribution is -2.16. The second kappa shape index (κ2) is 3.99. The third kappa shape index (κ3) is 1.66. The van der Waals surface area contributed by atoms with Crippen LogP contribution in [0.1, 0.15) is 36.5 Å². The summed E-state index contributed by atoms with van der Waals surface area (Å²) in [6.07, 6.45) is 8.74. The molecule has 17 heavy (non-hydrogen) atoms. The highest BCUT2D eigenvalue weighted by Gasteiger charge is 2.31. The molecule has 88 valence electrons. The number of aromatic amines is 1. The zero-order chi connectivity index (χ0) is 11.8. The molecule has 1 saturated carbocycles. The molecule has 0 aliphatic heterocycles. The minimum atomic E-state index is 0.203. The van der Waals surface area contributed by atoms with Crippen LogP contribution in [0.15, 0.2) is 24.7 Å². The van der Waals surface area contributed by atoms with Crippen LogP contribution in [0.25, 0.3) is 10.9 Å². The van der Waals surface area contributed by atoms with Gasteiger partial charge in [-0.2, -0.15) is 0 Å². The molecule has 1 fully saturated rings. The lowest BCUT2D eigenvalue weighted by atomic mass is 9.90. The van der Waals surface area contributed by atoms with E-state index in [0.717, 1.165) is 22.9 Å². The van der Waals surface area contributed by atoms with Crippen LogP contribution >= 0.6 is 0 Å². The van der Waals surface area contributed by atoms with Crippen molar-refractivity contribution in [3.8, 4) is 0 Å². The second-order valence-corrected chi connectivity index (χ2v) is 5.00. The molecule has 0 saturated heterocycles. The number of rotatable bonds is 2. The Labute approximate surface area is 100 Å². The molecule has 2 atom stereocenters. The topological polar surface area (TPSA) is 45.8 Å². The summed E-state index contributed by atoms with van der Waals surface area (Å²) in [5.74, 6) is 1.01. The Morgan fingerprint density at radius 3 is 3.12 bits per heavy atom. The molecule has 3 heteroatoms. The molecule has 0 amide bonds. The zero-order valence-electron chi connectivity index (χ0n) is 9.94. The number of ketones is 1. The van der Waals surface area contributed by atoms with Gasteiger partial charge in [0.25, 0.3) is 0 Å². The number of H-pyrrole nitrogens is 1. The van der Waals surface area contributed by atoms with Crippen molar-refractivity contribution in [3.63, 3.8) is 0 Å². The van der Waals surface area contributed by atoms with Gasteiger partial charge in [-0.05, 0) is 24.8 Å². The molecule has 2 unspecified atom stereocenters. The van der Waals surface area contributed by atoms with Crippen molar-refractivity contribution < 1.29 is 4.79 Å². The van der Waals surface area contributed by atoms with E-state index in [1.54, 1.807) is 12.4 Å². The Bertz CT molecular complexity index is 558. The van der Waals surface area contributed by atoms with E-state index in [2.05, 4.69) is 16.9 Å². The molecule has 1 aliphatic rings. The summed E-state index contributed by atoms with van der Waals surface area (Å²) in [6.45, 7) is 2.18. The highest BCUT2D eigenvalue weighted by molar-refractivity contribution is 6.08. The van der Waals surface area contributed by atoms with E-state index < -0.39 is 0 Å². The molecule has 0 spiro atoms. The molecular weight excluding hydrogens is 212 g/mol. The fraction of sp³-hybridized carbons (Fsp3) is 0.429. The van der Waals surface area contributed by atoms with E-state index >= 15 is 0 Å². The van der Waals surface area contributed by atoms with Gasteiger partial charge in [-0.1, -0.05) is 13.3 Å². The van der Waals surface area contributed by atoms with Crippen LogP contribution in [-0.2, 0) is 0 Å². The number of hydrogen-bond acceptors (Lipinski definition) is 2. The van der Waals surface area contributed by atoms with E-state index in [-0.39, 0.29) is 11.7 Å². The predicted molar refractivity (Wildman–Crippen MR) is 66.9 cm³/mol. The number of nitrogens with zero attached hydrogens (tertiary/aromatic N) is 1. The van der Waals surface area contributed by atoms with Crippen molar-refractivity contribution in [2.45, 2.75) is 26.2 Å². The molecule has 0 radical (unpaired) electrons. The van der Waals surface area contributed by atoms with Crippen LogP contribution in [0.3, 0.4) is 0 Å². The maximum absolute atomic E-state index is 12.5. The van der Waals surface area contributed by atoms with Gasteiger partial charge in [-0.3, -0.25) is 9.78 Å². The maximum atomic E-state index is 12.5. The first kappa shape index (κ1) is 10.5. The molecule has 1 N–H and O–H groups in total. The molecule has 2 aromatic rings. The summed E-state index contributed by atoms with van der Waals surface area (Å²) in [6, 6.07) is 1.91. The van der Waals surface area contributed by atoms with E-state index in [1.165, 1.54) is 12.8 Å². The van der Waals surface area contributed by atoms with E-state index in [1.807, 2.05) is 12.3 Å². The Morgan fingerprint density at radius 2 is 2.35 bits per heavy atom. The standard InChI is InChI=1S/C14H16N2O/c1-9-3-2-4-10(9)14(17)12-8-16-13-5-6-15-7-11(12)13/h5-10,16H,2-4H2,1H3. The number of carbonyl (C=O) groups is 1. The van der Waals surface area contributed by atoms with Gasteiger partial charge in [-0.15, -0.1) is 0 Å². The molecular formula is C14H16N2O.